The van der Waals surface area contributed by atoms with Crippen LogP contribution in [0.25, 0.3) is 0 Å². The molecule has 22 heavy (non-hydrogen) atoms. The van der Waals surface area contributed by atoms with Crippen LogP contribution in [0.4, 0.5) is 5.95 Å². The predicted molar refractivity (Wildman–Crippen MR) is 84.5 cm³/mol. The molecule has 0 unspecified atom stereocenters. The van der Waals surface area contributed by atoms with Crippen LogP contribution in [0.3, 0.4) is 0 Å². The Labute approximate surface area is 136 Å². The van der Waals surface area contributed by atoms with Crippen LogP contribution >= 0.6 is 23.2 Å². The lowest BCUT2D eigenvalue weighted by Crippen LogP contribution is -2.43. The monoisotopic (exact) mass is 340 g/mol. The van der Waals surface area contributed by atoms with E-state index in [4.69, 9.17) is 23.2 Å². The van der Waals surface area contributed by atoms with Crippen molar-refractivity contribution < 1.29 is 5.11 Å². The highest BCUT2D eigenvalue weighted by atomic mass is 35.5. The third kappa shape index (κ3) is 3.09. The summed E-state index contributed by atoms with van der Waals surface area (Å²) in [4.78, 5) is 23.3. The minimum atomic E-state index is -0.911. The van der Waals surface area contributed by atoms with Crippen LogP contribution in [0.15, 0.2) is 29.1 Å². The number of benzene rings is 1. The van der Waals surface area contributed by atoms with Gasteiger partial charge in [0.05, 0.1) is 5.60 Å². The van der Waals surface area contributed by atoms with E-state index < -0.39 is 11.3 Å². The van der Waals surface area contributed by atoms with Crippen molar-refractivity contribution in [3.05, 3.63) is 50.6 Å². The molecule has 0 saturated carbocycles. The van der Waals surface area contributed by atoms with Crippen LogP contribution in [0, 0.1) is 0 Å². The molecule has 1 fully saturated rings. The van der Waals surface area contributed by atoms with E-state index >= 15 is 0 Å². The predicted octanol–water partition coefficient (Wildman–Crippen LogP) is 1.96. The maximum absolute atomic E-state index is 11.4. The molecule has 1 aliphatic heterocycles. The summed E-state index contributed by atoms with van der Waals surface area (Å²) in [7, 11) is 0. The van der Waals surface area contributed by atoms with Crippen LogP contribution in [0.1, 0.15) is 18.4 Å². The zero-order valence-corrected chi connectivity index (χ0v) is 13.1. The molecule has 0 aliphatic carbocycles. The van der Waals surface area contributed by atoms with Crippen LogP contribution in [0.5, 0.6) is 0 Å². The highest BCUT2D eigenvalue weighted by molar-refractivity contribution is 6.30. The Balaban J connectivity index is 1.76. The number of aliphatic hydroxyl groups is 1. The largest absolute Gasteiger partial charge is 0.385 e. The van der Waals surface area contributed by atoms with Gasteiger partial charge in [-0.1, -0.05) is 23.7 Å². The topological polar surface area (TPSA) is 82.1 Å². The van der Waals surface area contributed by atoms with Crippen molar-refractivity contribution in [3.63, 3.8) is 0 Å². The lowest BCUT2D eigenvalue weighted by molar-refractivity contribution is 0.0115. The van der Waals surface area contributed by atoms with Crippen molar-refractivity contribution in [2.24, 2.45) is 0 Å². The van der Waals surface area contributed by atoms with Crippen LogP contribution in [-0.2, 0) is 5.60 Å². The summed E-state index contributed by atoms with van der Waals surface area (Å²) in [6, 6.07) is 7.19. The normalized spacial score (nSPS) is 17.5. The number of hydrogen-bond acceptors (Lipinski definition) is 5. The van der Waals surface area contributed by atoms with E-state index in [0.29, 0.717) is 31.0 Å². The number of nitrogens with one attached hydrogen (secondary N) is 1. The Morgan fingerprint density at radius 1 is 1.14 bits per heavy atom. The Morgan fingerprint density at radius 3 is 2.36 bits per heavy atom. The minimum Gasteiger partial charge on any atom is -0.385 e. The zero-order chi connectivity index (χ0) is 15.7. The molecule has 1 aromatic heterocycles. The van der Waals surface area contributed by atoms with Crippen molar-refractivity contribution in [2.75, 3.05) is 18.0 Å². The fraction of sp³-hybridized carbons (Fsp3) is 0.357. The second-order valence-electron chi connectivity index (χ2n) is 5.27. The molecule has 116 valence electrons. The third-order valence-electron chi connectivity index (χ3n) is 3.86. The van der Waals surface area contributed by atoms with Crippen molar-refractivity contribution >= 4 is 29.2 Å². The Hall–Kier alpha value is -1.63. The van der Waals surface area contributed by atoms with Crippen LogP contribution in [0.2, 0.25) is 10.3 Å². The summed E-state index contributed by atoms with van der Waals surface area (Å²) in [6.07, 6.45) is 1.00. The first-order valence-corrected chi connectivity index (χ1v) is 7.59. The highest BCUT2D eigenvalue weighted by Gasteiger charge is 2.34. The molecule has 2 N–H and O–H groups in total. The van der Waals surface area contributed by atoms with E-state index in [9.17, 15) is 9.90 Å². The molecular weight excluding hydrogens is 327 g/mol. The Bertz CT molecular complexity index is 724. The molecule has 1 saturated heterocycles. The third-order valence-corrected chi connectivity index (χ3v) is 4.30. The maximum Gasteiger partial charge on any atom is 0.350 e. The van der Waals surface area contributed by atoms with E-state index in [2.05, 4.69) is 15.0 Å². The fourth-order valence-corrected chi connectivity index (χ4v) is 2.90. The number of rotatable bonds is 2. The number of nitrogens with zero attached hydrogens (tertiary/aromatic N) is 3. The molecule has 0 spiro atoms. The van der Waals surface area contributed by atoms with Gasteiger partial charge in [0.15, 0.2) is 0 Å². The van der Waals surface area contributed by atoms with Gasteiger partial charge < -0.3 is 10.0 Å². The molecular formula is C14H14Cl2N4O2. The fourth-order valence-electron chi connectivity index (χ4n) is 2.61. The first kappa shape index (κ1) is 15.3. The van der Waals surface area contributed by atoms with Gasteiger partial charge in [-0.05, 0) is 42.1 Å². The number of hydrogen-bond donors (Lipinski definition) is 2. The van der Waals surface area contributed by atoms with Gasteiger partial charge in [-0.2, -0.15) is 9.97 Å². The standard InChI is InChI=1S/C14H14Cl2N4O2/c15-10-3-1-9(2-4-10)14(22)5-7-20(8-6-14)12-17-11(16)18-13(21)19-12/h1-4,22H,5-8H2,(H,17,18,19,21). The molecule has 0 radical (unpaired) electrons. The number of aromatic nitrogens is 3. The van der Waals surface area contributed by atoms with Crippen LogP contribution in [-0.4, -0.2) is 33.1 Å². The zero-order valence-electron chi connectivity index (χ0n) is 11.6. The quantitative estimate of drug-likeness (QED) is 0.873. The molecule has 0 amide bonds. The van der Waals surface area contributed by atoms with Gasteiger partial charge in [0.2, 0.25) is 11.2 Å². The second kappa shape index (κ2) is 5.87. The minimum absolute atomic E-state index is 0.00790. The van der Waals surface area contributed by atoms with Gasteiger partial charge in [-0.3, -0.25) is 4.98 Å². The van der Waals surface area contributed by atoms with Crippen molar-refractivity contribution in [3.8, 4) is 0 Å². The summed E-state index contributed by atoms with van der Waals surface area (Å²) in [5.41, 5.74) is -0.610. The average molecular weight is 341 g/mol. The molecule has 2 heterocycles. The summed E-state index contributed by atoms with van der Waals surface area (Å²) >= 11 is 11.6. The van der Waals surface area contributed by atoms with Crippen molar-refractivity contribution in [2.45, 2.75) is 18.4 Å². The maximum atomic E-state index is 11.4. The Morgan fingerprint density at radius 2 is 1.77 bits per heavy atom. The molecule has 6 nitrogen and oxygen atoms in total. The molecule has 3 rings (SSSR count). The average Bonchev–Trinajstić information content (AvgIpc) is 2.47. The summed E-state index contributed by atoms with van der Waals surface area (Å²) in [5.74, 6) is 0.284. The van der Waals surface area contributed by atoms with E-state index in [-0.39, 0.29) is 11.2 Å². The number of piperidine rings is 1. The summed E-state index contributed by atoms with van der Waals surface area (Å²) in [6.45, 7) is 1.05. The highest BCUT2D eigenvalue weighted by Crippen LogP contribution is 2.34. The van der Waals surface area contributed by atoms with E-state index in [1.165, 1.54) is 0 Å². The van der Waals surface area contributed by atoms with E-state index in [0.717, 1.165) is 5.56 Å². The van der Waals surface area contributed by atoms with Gasteiger partial charge >= 0.3 is 5.69 Å². The van der Waals surface area contributed by atoms with Crippen LogP contribution < -0.4 is 10.6 Å². The molecule has 0 atom stereocenters. The lowest BCUT2D eigenvalue weighted by Gasteiger charge is -2.38. The van der Waals surface area contributed by atoms with Crippen molar-refractivity contribution in [1.82, 2.24) is 15.0 Å². The molecule has 1 aromatic carbocycles. The number of aromatic amines is 1. The van der Waals surface area contributed by atoms with Gasteiger partial charge in [-0.15, -0.1) is 0 Å². The van der Waals surface area contributed by atoms with Gasteiger partial charge in [0, 0.05) is 18.1 Å². The lowest BCUT2D eigenvalue weighted by atomic mass is 9.84. The van der Waals surface area contributed by atoms with Gasteiger partial charge in [0.1, 0.15) is 0 Å². The SMILES string of the molecule is O=c1nc(N2CCC(O)(c3ccc(Cl)cc3)CC2)nc(Cl)[nH]1. The van der Waals surface area contributed by atoms with E-state index in [1.54, 1.807) is 12.1 Å². The Kier molecular flexibility index (Phi) is 4.08. The van der Waals surface area contributed by atoms with Gasteiger partial charge in [-0.25, -0.2) is 4.79 Å². The molecule has 2 aromatic rings. The first-order valence-electron chi connectivity index (χ1n) is 6.83. The van der Waals surface area contributed by atoms with Gasteiger partial charge in [0.25, 0.3) is 0 Å². The second-order valence-corrected chi connectivity index (χ2v) is 6.06. The summed E-state index contributed by atoms with van der Waals surface area (Å²) in [5, 5.41) is 11.4. The van der Waals surface area contributed by atoms with E-state index in [1.807, 2.05) is 17.0 Å². The van der Waals surface area contributed by atoms with Crippen molar-refractivity contribution in [1.29, 1.82) is 0 Å². The molecule has 0 bridgehead atoms. The number of H-pyrrole nitrogens is 1. The first-order chi connectivity index (χ1) is 10.5. The number of halogens is 2. The summed E-state index contributed by atoms with van der Waals surface area (Å²) < 4.78 is 0. The molecule has 8 heteroatoms. The smallest absolute Gasteiger partial charge is 0.350 e. The number of anilines is 1. The molecule has 1 aliphatic rings.